The predicted octanol–water partition coefficient (Wildman–Crippen LogP) is 2.52. The molecule has 0 unspecified atom stereocenters. The third-order valence-electron chi connectivity index (χ3n) is 2.52. The van der Waals surface area contributed by atoms with Crippen LogP contribution in [0.25, 0.3) is 10.8 Å². The predicted molar refractivity (Wildman–Crippen MR) is 66.5 cm³/mol. The minimum atomic E-state index is -1.01. The van der Waals surface area contributed by atoms with Gasteiger partial charge in [-0.3, -0.25) is 0 Å². The Labute approximate surface area is 98.6 Å². The largest absolute Gasteiger partial charge is 0.493 e. The highest BCUT2D eigenvalue weighted by molar-refractivity contribution is 6.07. The highest BCUT2D eigenvalue weighted by Crippen LogP contribution is 2.29. The topological polar surface area (TPSA) is 72.5 Å². The summed E-state index contributed by atoms with van der Waals surface area (Å²) in [6.07, 6.45) is 0. The fraction of sp³-hybridized carbons (Fsp3) is 0.154. The van der Waals surface area contributed by atoms with E-state index in [-0.39, 0.29) is 5.56 Å². The molecule has 2 rings (SSSR count). The van der Waals surface area contributed by atoms with Crippen LogP contribution in [0.3, 0.4) is 0 Å². The molecule has 0 spiro atoms. The smallest absolute Gasteiger partial charge is 0.340 e. The van der Waals surface area contributed by atoms with E-state index in [9.17, 15) is 9.90 Å². The monoisotopic (exact) mass is 231 g/mol. The van der Waals surface area contributed by atoms with Crippen molar-refractivity contribution in [2.45, 2.75) is 6.92 Å². The molecule has 0 radical (unpaired) electrons. The van der Waals surface area contributed by atoms with Crippen LogP contribution in [-0.4, -0.2) is 17.7 Å². The highest BCUT2D eigenvalue weighted by atomic mass is 16.5. The molecule has 0 aliphatic rings. The molecule has 17 heavy (non-hydrogen) atoms. The number of anilines is 1. The second-order valence-corrected chi connectivity index (χ2v) is 3.66. The average Bonchev–Trinajstić information content (AvgIpc) is 2.28. The van der Waals surface area contributed by atoms with Gasteiger partial charge < -0.3 is 15.6 Å². The van der Waals surface area contributed by atoms with Crippen molar-refractivity contribution in [3.05, 3.63) is 35.9 Å². The SMILES string of the molecule is CCOc1ccc2ccc(N)cc2c1C(=O)O. The first-order valence-electron chi connectivity index (χ1n) is 5.32. The molecular formula is C13H13NO3. The van der Waals surface area contributed by atoms with E-state index in [0.717, 1.165) is 5.39 Å². The minimum Gasteiger partial charge on any atom is -0.493 e. The number of benzene rings is 2. The van der Waals surface area contributed by atoms with Gasteiger partial charge in [0.25, 0.3) is 0 Å². The molecule has 0 aliphatic heterocycles. The number of nitrogen functional groups attached to an aromatic ring is 1. The van der Waals surface area contributed by atoms with Crippen molar-refractivity contribution in [3.8, 4) is 5.75 Å². The summed E-state index contributed by atoms with van der Waals surface area (Å²) in [7, 11) is 0. The summed E-state index contributed by atoms with van der Waals surface area (Å²) in [6.45, 7) is 2.24. The standard InChI is InChI=1S/C13H13NO3/c1-2-17-11-6-4-8-3-5-9(14)7-10(8)12(11)13(15)16/h3-7H,2,14H2,1H3,(H,15,16). The molecule has 0 saturated carbocycles. The van der Waals surface area contributed by atoms with Gasteiger partial charge in [0.15, 0.2) is 0 Å². The first-order valence-corrected chi connectivity index (χ1v) is 5.32. The van der Waals surface area contributed by atoms with Crippen molar-refractivity contribution in [3.63, 3.8) is 0 Å². The molecule has 0 fully saturated rings. The Bertz CT molecular complexity index is 578. The molecule has 0 saturated heterocycles. The first-order chi connectivity index (χ1) is 8.13. The van der Waals surface area contributed by atoms with E-state index in [2.05, 4.69) is 0 Å². The number of carboxylic acid groups (broad SMARTS) is 1. The van der Waals surface area contributed by atoms with E-state index in [0.29, 0.717) is 23.4 Å². The van der Waals surface area contributed by atoms with Gasteiger partial charge in [-0.2, -0.15) is 0 Å². The third-order valence-corrected chi connectivity index (χ3v) is 2.52. The Hall–Kier alpha value is -2.23. The second-order valence-electron chi connectivity index (χ2n) is 3.66. The summed E-state index contributed by atoms with van der Waals surface area (Å²) in [6, 6.07) is 8.69. The molecule has 2 aromatic rings. The van der Waals surface area contributed by atoms with Gasteiger partial charge in [-0.15, -0.1) is 0 Å². The molecule has 0 aromatic heterocycles. The van der Waals surface area contributed by atoms with E-state index >= 15 is 0 Å². The normalized spacial score (nSPS) is 10.4. The number of ether oxygens (including phenoxy) is 1. The van der Waals surface area contributed by atoms with E-state index in [1.807, 2.05) is 13.0 Å². The van der Waals surface area contributed by atoms with E-state index in [4.69, 9.17) is 10.5 Å². The Morgan fingerprint density at radius 1 is 1.35 bits per heavy atom. The molecule has 4 nitrogen and oxygen atoms in total. The molecule has 0 aliphatic carbocycles. The van der Waals surface area contributed by atoms with Crippen molar-refractivity contribution in [1.29, 1.82) is 0 Å². The maximum atomic E-state index is 11.3. The van der Waals surface area contributed by atoms with Crippen LogP contribution in [0.4, 0.5) is 5.69 Å². The molecular weight excluding hydrogens is 218 g/mol. The van der Waals surface area contributed by atoms with Crippen molar-refractivity contribution in [2.75, 3.05) is 12.3 Å². The van der Waals surface area contributed by atoms with Gasteiger partial charge in [-0.25, -0.2) is 4.79 Å². The number of fused-ring (bicyclic) bond motifs is 1. The molecule has 88 valence electrons. The molecule has 0 atom stereocenters. The van der Waals surface area contributed by atoms with Gasteiger partial charge in [0.2, 0.25) is 0 Å². The molecule has 0 amide bonds. The zero-order valence-electron chi connectivity index (χ0n) is 9.43. The quantitative estimate of drug-likeness (QED) is 0.796. The number of hydrogen-bond acceptors (Lipinski definition) is 3. The van der Waals surface area contributed by atoms with Crippen molar-refractivity contribution in [2.24, 2.45) is 0 Å². The lowest BCUT2D eigenvalue weighted by molar-refractivity contribution is 0.0695. The Morgan fingerprint density at radius 3 is 2.71 bits per heavy atom. The van der Waals surface area contributed by atoms with Crippen molar-refractivity contribution in [1.82, 2.24) is 0 Å². The fourth-order valence-electron chi connectivity index (χ4n) is 1.81. The van der Waals surface area contributed by atoms with Crippen LogP contribution in [0.5, 0.6) is 5.75 Å². The number of carboxylic acids is 1. The van der Waals surface area contributed by atoms with Crippen molar-refractivity contribution < 1.29 is 14.6 Å². The number of aromatic carboxylic acids is 1. The Balaban J connectivity index is 2.77. The van der Waals surface area contributed by atoms with Crippen LogP contribution < -0.4 is 10.5 Å². The van der Waals surface area contributed by atoms with Gasteiger partial charge in [-0.05, 0) is 30.5 Å². The lowest BCUT2D eigenvalue weighted by atomic mass is 10.0. The lowest BCUT2D eigenvalue weighted by Crippen LogP contribution is -2.04. The van der Waals surface area contributed by atoms with Gasteiger partial charge in [0.05, 0.1) is 6.61 Å². The maximum Gasteiger partial charge on any atom is 0.340 e. The minimum absolute atomic E-state index is 0.164. The van der Waals surface area contributed by atoms with Crippen molar-refractivity contribution >= 4 is 22.4 Å². The van der Waals surface area contributed by atoms with Crippen LogP contribution >= 0.6 is 0 Å². The van der Waals surface area contributed by atoms with E-state index in [1.165, 1.54) is 0 Å². The maximum absolute atomic E-state index is 11.3. The number of hydrogen-bond donors (Lipinski definition) is 2. The zero-order valence-corrected chi connectivity index (χ0v) is 9.43. The number of carbonyl (C=O) groups is 1. The number of nitrogens with two attached hydrogens (primary N) is 1. The summed E-state index contributed by atoms with van der Waals surface area (Å²) in [4.78, 5) is 11.3. The fourth-order valence-corrected chi connectivity index (χ4v) is 1.81. The van der Waals surface area contributed by atoms with E-state index < -0.39 is 5.97 Å². The first kappa shape index (κ1) is 11.3. The van der Waals surface area contributed by atoms with Crippen LogP contribution in [0.2, 0.25) is 0 Å². The van der Waals surface area contributed by atoms with Crippen LogP contribution in [0.15, 0.2) is 30.3 Å². The van der Waals surface area contributed by atoms with Crippen LogP contribution in [-0.2, 0) is 0 Å². The van der Waals surface area contributed by atoms with Crippen LogP contribution in [0, 0.1) is 0 Å². The summed E-state index contributed by atoms with van der Waals surface area (Å²) >= 11 is 0. The average molecular weight is 231 g/mol. The molecule has 0 heterocycles. The Morgan fingerprint density at radius 2 is 2.06 bits per heavy atom. The van der Waals surface area contributed by atoms with Crippen LogP contribution in [0.1, 0.15) is 17.3 Å². The van der Waals surface area contributed by atoms with E-state index in [1.54, 1.807) is 24.3 Å². The van der Waals surface area contributed by atoms with Gasteiger partial charge >= 0.3 is 5.97 Å². The zero-order chi connectivity index (χ0) is 12.4. The molecule has 3 N–H and O–H groups in total. The highest BCUT2D eigenvalue weighted by Gasteiger charge is 2.15. The van der Waals surface area contributed by atoms with Gasteiger partial charge in [-0.1, -0.05) is 12.1 Å². The summed E-state index contributed by atoms with van der Waals surface area (Å²) in [5, 5.41) is 10.7. The third kappa shape index (κ3) is 2.01. The second kappa shape index (κ2) is 4.33. The number of rotatable bonds is 3. The molecule has 4 heteroatoms. The molecule has 2 aromatic carbocycles. The lowest BCUT2D eigenvalue weighted by Gasteiger charge is -2.10. The summed E-state index contributed by atoms with van der Waals surface area (Å²) in [5.41, 5.74) is 6.38. The van der Waals surface area contributed by atoms with Gasteiger partial charge in [0.1, 0.15) is 11.3 Å². The Kier molecular flexibility index (Phi) is 2.87. The summed E-state index contributed by atoms with van der Waals surface area (Å²) < 4.78 is 5.32. The van der Waals surface area contributed by atoms with Gasteiger partial charge in [0, 0.05) is 11.1 Å². The summed E-state index contributed by atoms with van der Waals surface area (Å²) in [5.74, 6) is -0.636. The molecule has 0 bridgehead atoms.